The predicted octanol–water partition coefficient (Wildman–Crippen LogP) is 3.66. The average molecular weight is 278 g/mol. The van der Waals surface area contributed by atoms with Crippen LogP contribution in [0.4, 0.5) is 0 Å². The van der Waals surface area contributed by atoms with Crippen LogP contribution >= 0.6 is 11.3 Å². The Balaban J connectivity index is 1.53. The monoisotopic (exact) mass is 278 g/mol. The van der Waals surface area contributed by atoms with Gasteiger partial charge in [-0.25, -0.2) is 0 Å². The molecule has 2 nitrogen and oxygen atoms in total. The second kappa shape index (κ2) is 6.38. The van der Waals surface area contributed by atoms with Crippen molar-refractivity contribution in [3.63, 3.8) is 0 Å². The SMILES string of the molecule is CC(CN1CCCCC1)NC(c1cccs1)C1CC1. The van der Waals surface area contributed by atoms with Gasteiger partial charge in [0.2, 0.25) is 0 Å². The number of nitrogens with one attached hydrogen (secondary N) is 1. The summed E-state index contributed by atoms with van der Waals surface area (Å²) in [5.74, 6) is 0.891. The summed E-state index contributed by atoms with van der Waals surface area (Å²) in [4.78, 5) is 4.17. The molecule has 0 aromatic carbocycles. The molecule has 1 N–H and O–H groups in total. The largest absolute Gasteiger partial charge is 0.305 e. The molecule has 2 unspecified atom stereocenters. The highest BCUT2D eigenvalue weighted by Gasteiger charge is 2.33. The quantitative estimate of drug-likeness (QED) is 0.854. The minimum absolute atomic E-state index is 0.603. The summed E-state index contributed by atoms with van der Waals surface area (Å²) < 4.78 is 0. The molecule has 1 saturated carbocycles. The van der Waals surface area contributed by atoms with Crippen LogP contribution in [-0.4, -0.2) is 30.6 Å². The van der Waals surface area contributed by atoms with Crippen LogP contribution in [0.1, 0.15) is 49.9 Å². The van der Waals surface area contributed by atoms with Crippen molar-refractivity contribution < 1.29 is 0 Å². The van der Waals surface area contributed by atoms with Gasteiger partial charge in [0.25, 0.3) is 0 Å². The lowest BCUT2D eigenvalue weighted by atomic mass is 10.1. The summed E-state index contributed by atoms with van der Waals surface area (Å²) in [5, 5.41) is 6.11. The van der Waals surface area contributed by atoms with Crippen LogP contribution in [0.3, 0.4) is 0 Å². The number of rotatable bonds is 6. The Morgan fingerprint density at radius 1 is 1.32 bits per heavy atom. The molecule has 0 bridgehead atoms. The van der Waals surface area contributed by atoms with Crippen molar-refractivity contribution in [1.82, 2.24) is 10.2 Å². The lowest BCUT2D eigenvalue weighted by Gasteiger charge is -2.31. The Kier molecular flexibility index (Phi) is 4.57. The van der Waals surface area contributed by atoms with E-state index in [2.05, 4.69) is 34.7 Å². The molecule has 1 aliphatic heterocycles. The van der Waals surface area contributed by atoms with Crippen molar-refractivity contribution in [3.05, 3.63) is 22.4 Å². The molecule has 0 spiro atoms. The molecular formula is C16H26N2S. The van der Waals surface area contributed by atoms with Gasteiger partial charge in [0.1, 0.15) is 0 Å². The third-order valence-electron chi connectivity index (χ3n) is 4.39. The van der Waals surface area contributed by atoms with Crippen LogP contribution < -0.4 is 5.32 Å². The van der Waals surface area contributed by atoms with E-state index in [-0.39, 0.29) is 0 Å². The van der Waals surface area contributed by atoms with E-state index in [1.165, 1.54) is 56.6 Å². The number of thiophene rings is 1. The maximum absolute atomic E-state index is 3.90. The molecule has 1 saturated heterocycles. The minimum atomic E-state index is 0.603. The Hall–Kier alpha value is -0.380. The molecule has 106 valence electrons. The first kappa shape index (κ1) is 13.6. The van der Waals surface area contributed by atoms with Gasteiger partial charge in [-0.05, 0) is 63.1 Å². The fraction of sp³-hybridized carbons (Fsp3) is 0.750. The molecule has 19 heavy (non-hydrogen) atoms. The summed E-state index contributed by atoms with van der Waals surface area (Å²) in [6.07, 6.45) is 7.03. The summed E-state index contributed by atoms with van der Waals surface area (Å²) in [7, 11) is 0. The molecule has 2 atom stereocenters. The zero-order chi connectivity index (χ0) is 13.1. The van der Waals surface area contributed by atoms with E-state index in [0.717, 1.165) is 5.92 Å². The third-order valence-corrected chi connectivity index (χ3v) is 5.34. The standard InChI is InChI=1S/C16H26N2S/c1-13(12-18-9-3-2-4-10-18)17-16(14-7-8-14)15-6-5-11-19-15/h5-6,11,13-14,16-17H,2-4,7-10,12H2,1H3. The lowest BCUT2D eigenvalue weighted by molar-refractivity contribution is 0.202. The second-order valence-electron chi connectivity index (χ2n) is 6.26. The Morgan fingerprint density at radius 3 is 2.74 bits per heavy atom. The normalized spacial score (nSPS) is 24.3. The zero-order valence-electron chi connectivity index (χ0n) is 12.0. The molecule has 3 rings (SSSR count). The minimum Gasteiger partial charge on any atom is -0.305 e. The van der Waals surface area contributed by atoms with Crippen LogP contribution in [0.2, 0.25) is 0 Å². The van der Waals surface area contributed by atoms with Gasteiger partial charge in [-0.2, -0.15) is 0 Å². The van der Waals surface area contributed by atoms with Gasteiger partial charge in [-0.15, -0.1) is 11.3 Å². The Morgan fingerprint density at radius 2 is 2.11 bits per heavy atom. The number of nitrogens with zero attached hydrogens (tertiary/aromatic N) is 1. The molecule has 2 heterocycles. The number of likely N-dealkylation sites (tertiary alicyclic amines) is 1. The van der Waals surface area contributed by atoms with Crippen molar-refractivity contribution in [2.24, 2.45) is 5.92 Å². The van der Waals surface area contributed by atoms with Crippen molar-refractivity contribution in [2.45, 2.75) is 51.1 Å². The Labute approximate surface area is 121 Å². The van der Waals surface area contributed by atoms with E-state index < -0.39 is 0 Å². The van der Waals surface area contributed by atoms with E-state index in [0.29, 0.717) is 12.1 Å². The maximum Gasteiger partial charge on any atom is 0.0445 e. The fourth-order valence-electron chi connectivity index (χ4n) is 3.24. The molecule has 3 heteroatoms. The highest BCUT2D eigenvalue weighted by Crippen LogP contribution is 2.42. The molecule has 0 amide bonds. The summed E-state index contributed by atoms with van der Waals surface area (Å²) in [6, 6.07) is 5.70. The average Bonchev–Trinajstić information content (AvgIpc) is 3.12. The highest BCUT2D eigenvalue weighted by atomic mass is 32.1. The predicted molar refractivity (Wildman–Crippen MR) is 82.7 cm³/mol. The Bertz CT molecular complexity index is 366. The first-order chi connectivity index (χ1) is 9.33. The highest BCUT2D eigenvalue weighted by molar-refractivity contribution is 7.10. The summed E-state index contributed by atoms with van der Waals surface area (Å²) in [6.45, 7) is 6.18. The molecule has 1 aromatic heterocycles. The van der Waals surface area contributed by atoms with E-state index >= 15 is 0 Å². The van der Waals surface area contributed by atoms with Crippen molar-refractivity contribution >= 4 is 11.3 Å². The van der Waals surface area contributed by atoms with Crippen molar-refractivity contribution in [2.75, 3.05) is 19.6 Å². The third kappa shape index (κ3) is 3.80. The summed E-state index contributed by atoms with van der Waals surface area (Å²) >= 11 is 1.91. The van der Waals surface area contributed by atoms with E-state index in [4.69, 9.17) is 0 Å². The fourth-order valence-corrected chi connectivity index (χ4v) is 4.12. The molecule has 1 aliphatic carbocycles. The van der Waals surface area contributed by atoms with Gasteiger partial charge in [-0.3, -0.25) is 0 Å². The smallest absolute Gasteiger partial charge is 0.0445 e. The number of hydrogen-bond donors (Lipinski definition) is 1. The molecule has 0 radical (unpaired) electrons. The molecule has 2 aliphatic rings. The van der Waals surface area contributed by atoms with Crippen LogP contribution in [0, 0.1) is 5.92 Å². The van der Waals surface area contributed by atoms with Crippen LogP contribution in [0.25, 0.3) is 0 Å². The van der Waals surface area contributed by atoms with Crippen LogP contribution in [-0.2, 0) is 0 Å². The van der Waals surface area contributed by atoms with Gasteiger partial charge >= 0.3 is 0 Å². The van der Waals surface area contributed by atoms with Gasteiger partial charge in [0, 0.05) is 23.5 Å². The lowest BCUT2D eigenvalue weighted by Crippen LogP contribution is -2.43. The molecule has 2 fully saturated rings. The van der Waals surface area contributed by atoms with Gasteiger partial charge < -0.3 is 10.2 Å². The van der Waals surface area contributed by atoms with Crippen LogP contribution in [0.5, 0.6) is 0 Å². The maximum atomic E-state index is 3.90. The molecule has 1 aromatic rings. The van der Waals surface area contributed by atoms with Gasteiger partial charge in [-0.1, -0.05) is 12.5 Å². The zero-order valence-corrected chi connectivity index (χ0v) is 12.8. The second-order valence-corrected chi connectivity index (χ2v) is 7.24. The molecular weight excluding hydrogens is 252 g/mol. The number of hydrogen-bond acceptors (Lipinski definition) is 3. The topological polar surface area (TPSA) is 15.3 Å². The van der Waals surface area contributed by atoms with Crippen molar-refractivity contribution in [3.8, 4) is 0 Å². The van der Waals surface area contributed by atoms with E-state index in [1.807, 2.05) is 11.3 Å². The van der Waals surface area contributed by atoms with E-state index in [9.17, 15) is 0 Å². The van der Waals surface area contributed by atoms with Crippen LogP contribution in [0.15, 0.2) is 17.5 Å². The van der Waals surface area contributed by atoms with Gasteiger partial charge in [0.05, 0.1) is 0 Å². The van der Waals surface area contributed by atoms with Crippen molar-refractivity contribution in [1.29, 1.82) is 0 Å². The number of piperidine rings is 1. The van der Waals surface area contributed by atoms with Gasteiger partial charge in [0.15, 0.2) is 0 Å². The van der Waals surface area contributed by atoms with E-state index in [1.54, 1.807) is 0 Å². The first-order valence-corrected chi connectivity index (χ1v) is 8.72. The summed E-state index contributed by atoms with van der Waals surface area (Å²) in [5.41, 5.74) is 0. The first-order valence-electron chi connectivity index (χ1n) is 7.85.